The molecule has 124 valence electrons. The highest BCUT2D eigenvalue weighted by atomic mass is 32.2. The minimum Gasteiger partial charge on any atom is -0.279 e. The second-order valence-electron chi connectivity index (χ2n) is 5.89. The summed E-state index contributed by atoms with van der Waals surface area (Å²) in [5, 5.41) is 1.82. The van der Waals surface area contributed by atoms with E-state index in [9.17, 15) is 8.42 Å². The average Bonchev–Trinajstić information content (AvgIpc) is 3.03. The molecular weight excluding hydrogens is 338 g/mol. The second-order valence-corrected chi connectivity index (χ2v) is 8.49. The molecule has 0 amide bonds. The fourth-order valence-electron chi connectivity index (χ4n) is 2.39. The predicted octanol–water partition coefficient (Wildman–Crippen LogP) is 5.34. The molecule has 0 saturated carbocycles. The highest BCUT2D eigenvalue weighted by Gasteiger charge is 2.15. The molecule has 0 saturated heterocycles. The minimum atomic E-state index is -3.57. The van der Waals surface area contributed by atoms with Gasteiger partial charge in [-0.2, -0.15) is 0 Å². The lowest BCUT2D eigenvalue weighted by molar-refractivity contribution is 0.601. The lowest BCUT2D eigenvalue weighted by atomic mass is 10.0. The van der Waals surface area contributed by atoms with Gasteiger partial charge in [-0.25, -0.2) is 8.42 Å². The Morgan fingerprint density at radius 2 is 1.62 bits per heavy atom. The normalized spacial score (nSPS) is 11.6. The van der Waals surface area contributed by atoms with Crippen molar-refractivity contribution in [2.24, 2.45) is 0 Å². The summed E-state index contributed by atoms with van der Waals surface area (Å²) in [6.45, 7) is 4.16. The maximum Gasteiger partial charge on any atom is 0.261 e. The van der Waals surface area contributed by atoms with Crippen LogP contribution < -0.4 is 4.72 Å². The van der Waals surface area contributed by atoms with Crippen molar-refractivity contribution in [2.75, 3.05) is 4.72 Å². The zero-order valence-electron chi connectivity index (χ0n) is 13.6. The summed E-state index contributed by atoms with van der Waals surface area (Å²) >= 11 is 1.52. The van der Waals surface area contributed by atoms with E-state index >= 15 is 0 Å². The number of anilines is 1. The summed E-state index contributed by atoms with van der Waals surface area (Å²) in [7, 11) is -3.57. The molecule has 0 atom stereocenters. The Bertz CT molecular complexity index is 912. The van der Waals surface area contributed by atoms with Gasteiger partial charge in [-0.3, -0.25) is 4.72 Å². The molecule has 1 N–H and O–H groups in total. The smallest absolute Gasteiger partial charge is 0.261 e. The fourth-order valence-corrected chi connectivity index (χ4v) is 4.35. The Kier molecular flexibility index (Phi) is 4.73. The van der Waals surface area contributed by atoms with Gasteiger partial charge in [0.15, 0.2) is 0 Å². The number of hydrogen-bond acceptors (Lipinski definition) is 3. The average molecular weight is 358 g/mol. The minimum absolute atomic E-state index is 0.277. The van der Waals surface area contributed by atoms with Crippen molar-refractivity contribution >= 4 is 27.0 Å². The van der Waals surface area contributed by atoms with Gasteiger partial charge in [0, 0.05) is 10.3 Å². The first kappa shape index (κ1) is 16.7. The molecule has 3 rings (SSSR count). The number of thiophene rings is 1. The Morgan fingerprint density at radius 1 is 0.958 bits per heavy atom. The van der Waals surface area contributed by atoms with Crippen LogP contribution in [0, 0.1) is 0 Å². The number of nitrogens with one attached hydrogen (secondary N) is 1. The molecule has 24 heavy (non-hydrogen) atoms. The molecule has 0 fully saturated rings. The van der Waals surface area contributed by atoms with E-state index in [0.717, 1.165) is 16.0 Å². The zero-order valence-corrected chi connectivity index (χ0v) is 15.2. The summed E-state index contributed by atoms with van der Waals surface area (Å²) in [4.78, 5) is 1.31. The van der Waals surface area contributed by atoms with Gasteiger partial charge in [-0.05, 0) is 35.2 Å². The standard InChI is InChI=1S/C19H19NO2S2/c1-14(2)15-8-10-18(11-9-15)24(21,22)20-17-12-19(23-13-17)16-6-4-3-5-7-16/h3-14,20H,1-2H3. The first-order chi connectivity index (χ1) is 11.5. The van der Waals surface area contributed by atoms with Gasteiger partial charge in [0.25, 0.3) is 10.0 Å². The van der Waals surface area contributed by atoms with Crippen LogP contribution in [0.5, 0.6) is 0 Å². The maximum atomic E-state index is 12.5. The Morgan fingerprint density at radius 3 is 2.25 bits per heavy atom. The van der Waals surface area contributed by atoms with Crippen molar-refractivity contribution in [3.05, 3.63) is 71.6 Å². The molecule has 5 heteroatoms. The molecule has 1 heterocycles. The van der Waals surface area contributed by atoms with Crippen LogP contribution in [-0.2, 0) is 10.0 Å². The van der Waals surface area contributed by atoms with Crippen LogP contribution in [-0.4, -0.2) is 8.42 Å². The van der Waals surface area contributed by atoms with Crippen molar-refractivity contribution in [1.29, 1.82) is 0 Å². The molecule has 0 unspecified atom stereocenters. The molecule has 0 bridgehead atoms. The monoisotopic (exact) mass is 357 g/mol. The Labute approximate surface area is 147 Å². The number of hydrogen-bond donors (Lipinski definition) is 1. The van der Waals surface area contributed by atoms with Crippen molar-refractivity contribution in [1.82, 2.24) is 0 Å². The molecule has 0 spiro atoms. The molecule has 1 aromatic heterocycles. The van der Waals surface area contributed by atoms with E-state index in [4.69, 9.17) is 0 Å². The maximum absolute atomic E-state index is 12.5. The van der Waals surface area contributed by atoms with E-state index in [1.54, 1.807) is 12.1 Å². The summed E-state index contributed by atoms with van der Waals surface area (Å²) in [5.41, 5.74) is 2.79. The molecule has 2 aromatic carbocycles. The van der Waals surface area contributed by atoms with Gasteiger partial charge in [0.1, 0.15) is 0 Å². The number of rotatable bonds is 5. The van der Waals surface area contributed by atoms with Crippen molar-refractivity contribution in [3.8, 4) is 10.4 Å². The molecule has 0 radical (unpaired) electrons. The lowest BCUT2D eigenvalue weighted by Gasteiger charge is -2.09. The Hall–Kier alpha value is -2.11. The van der Waals surface area contributed by atoms with E-state index in [2.05, 4.69) is 18.6 Å². The Balaban J connectivity index is 1.81. The summed E-state index contributed by atoms with van der Waals surface area (Å²) in [6, 6.07) is 18.8. The van der Waals surface area contributed by atoms with E-state index < -0.39 is 10.0 Å². The van der Waals surface area contributed by atoms with Crippen LogP contribution in [0.15, 0.2) is 70.9 Å². The fraction of sp³-hybridized carbons (Fsp3) is 0.158. The number of sulfonamides is 1. The zero-order chi connectivity index (χ0) is 17.2. The van der Waals surface area contributed by atoms with Crippen LogP contribution in [0.4, 0.5) is 5.69 Å². The first-order valence-corrected chi connectivity index (χ1v) is 10.1. The van der Waals surface area contributed by atoms with Crippen molar-refractivity contribution in [3.63, 3.8) is 0 Å². The van der Waals surface area contributed by atoms with Gasteiger partial charge < -0.3 is 0 Å². The molecular formula is C19H19NO2S2. The third kappa shape index (κ3) is 3.68. The summed E-state index contributed by atoms with van der Waals surface area (Å²) in [6.07, 6.45) is 0. The highest BCUT2D eigenvalue weighted by molar-refractivity contribution is 7.92. The predicted molar refractivity (Wildman–Crippen MR) is 101 cm³/mol. The van der Waals surface area contributed by atoms with Crippen LogP contribution in [0.25, 0.3) is 10.4 Å². The van der Waals surface area contributed by atoms with E-state index in [0.29, 0.717) is 11.6 Å². The molecule has 0 aliphatic heterocycles. The van der Waals surface area contributed by atoms with E-state index in [1.165, 1.54) is 11.3 Å². The molecule has 3 aromatic rings. The molecule has 3 nitrogen and oxygen atoms in total. The summed E-state index contributed by atoms with van der Waals surface area (Å²) in [5.74, 6) is 0.375. The lowest BCUT2D eigenvalue weighted by Crippen LogP contribution is -2.12. The first-order valence-electron chi connectivity index (χ1n) is 7.72. The van der Waals surface area contributed by atoms with Gasteiger partial charge in [0.2, 0.25) is 0 Å². The summed E-state index contributed by atoms with van der Waals surface area (Å²) < 4.78 is 27.7. The van der Waals surface area contributed by atoms with Gasteiger partial charge in [-0.1, -0.05) is 56.3 Å². The third-order valence-electron chi connectivity index (χ3n) is 3.77. The van der Waals surface area contributed by atoms with Crippen molar-refractivity contribution < 1.29 is 8.42 Å². The van der Waals surface area contributed by atoms with Gasteiger partial charge in [0.05, 0.1) is 10.6 Å². The SMILES string of the molecule is CC(C)c1ccc(S(=O)(=O)Nc2csc(-c3ccccc3)c2)cc1. The third-order valence-corrected chi connectivity index (χ3v) is 6.14. The number of benzene rings is 2. The highest BCUT2D eigenvalue weighted by Crippen LogP contribution is 2.30. The van der Waals surface area contributed by atoms with Crippen LogP contribution in [0.1, 0.15) is 25.3 Å². The topological polar surface area (TPSA) is 46.2 Å². The van der Waals surface area contributed by atoms with Crippen LogP contribution in [0.3, 0.4) is 0 Å². The molecule has 0 aliphatic rings. The van der Waals surface area contributed by atoms with Crippen LogP contribution in [0.2, 0.25) is 0 Å². The quantitative estimate of drug-likeness (QED) is 0.670. The van der Waals surface area contributed by atoms with Crippen LogP contribution >= 0.6 is 11.3 Å². The largest absolute Gasteiger partial charge is 0.279 e. The van der Waals surface area contributed by atoms with Gasteiger partial charge in [-0.15, -0.1) is 11.3 Å². The van der Waals surface area contributed by atoms with Gasteiger partial charge >= 0.3 is 0 Å². The molecule has 0 aliphatic carbocycles. The second kappa shape index (κ2) is 6.79. The van der Waals surface area contributed by atoms with E-state index in [1.807, 2.05) is 53.9 Å². The van der Waals surface area contributed by atoms with E-state index in [-0.39, 0.29) is 4.90 Å². The van der Waals surface area contributed by atoms with Crippen molar-refractivity contribution in [2.45, 2.75) is 24.7 Å².